The Morgan fingerprint density at radius 2 is 1.45 bits per heavy atom. The van der Waals surface area contributed by atoms with Crippen molar-refractivity contribution in [3.8, 4) is 0 Å². The van der Waals surface area contributed by atoms with Crippen molar-refractivity contribution in [1.29, 1.82) is 0 Å². The zero-order valence-electron chi connectivity index (χ0n) is 24.0. The van der Waals surface area contributed by atoms with Gasteiger partial charge in [-0.3, -0.25) is 4.79 Å². The molecule has 2 aromatic carbocycles. The third kappa shape index (κ3) is 3.46. The van der Waals surface area contributed by atoms with Crippen LogP contribution < -0.4 is 0 Å². The minimum atomic E-state index is -4.06. The molecule has 4 aliphatic rings. The molecule has 6 rings (SSSR count). The van der Waals surface area contributed by atoms with E-state index in [2.05, 4.69) is 0 Å². The molecule has 4 bridgehead atoms. The highest BCUT2D eigenvalue weighted by atomic mass is 32.2. The van der Waals surface area contributed by atoms with Gasteiger partial charge in [-0.2, -0.15) is 0 Å². The quantitative estimate of drug-likeness (QED) is 0.358. The normalized spacial score (nSPS) is 31.8. The first-order chi connectivity index (χ1) is 19.7. The molecule has 0 radical (unpaired) electrons. The van der Waals surface area contributed by atoms with Crippen LogP contribution in [0.1, 0.15) is 83.7 Å². The Labute approximate surface area is 243 Å². The van der Waals surface area contributed by atoms with Gasteiger partial charge < -0.3 is 18.9 Å². The van der Waals surface area contributed by atoms with Crippen LogP contribution in [0.15, 0.2) is 47.4 Å². The van der Waals surface area contributed by atoms with E-state index in [0.717, 1.165) is 0 Å². The summed E-state index contributed by atoms with van der Waals surface area (Å²) in [6.45, 7) is 5.38. The van der Waals surface area contributed by atoms with E-state index in [1.807, 2.05) is 0 Å². The lowest BCUT2D eigenvalue weighted by Crippen LogP contribution is -2.52. The number of hydrogen-bond donors (Lipinski definition) is 0. The second kappa shape index (κ2) is 9.13. The largest absolute Gasteiger partial charge is 0.465 e. The molecule has 11 heteroatoms. The predicted molar refractivity (Wildman–Crippen MR) is 146 cm³/mol. The van der Waals surface area contributed by atoms with Gasteiger partial charge in [-0.25, -0.2) is 22.8 Å². The number of fused-ring (bicyclic) bond motifs is 7. The molecule has 0 spiro atoms. The summed E-state index contributed by atoms with van der Waals surface area (Å²) in [6, 6.07) is 10.9. The fourth-order valence-electron chi connectivity index (χ4n) is 7.67. The third-order valence-electron chi connectivity index (χ3n) is 10.5. The van der Waals surface area contributed by atoms with E-state index in [4.69, 9.17) is 18.9 Å². The van der Waals surface area contributed by atoms with Crippen molar-refractivity contribution >= 4 is 33.7 Å². The molecule has 1 aliphatic heterocycles. The first kappa shape index (κ1) is 28.4. The van der Waals surface area contributed by atoms with Crippen molar-refractivity contribution in [2.45, 2.75) is 73.7 Å². The molecule has 222 valence electrons. The summed E-state index contributed by atoms with van der Waals surface area (Å²) < 4.78 is 50.1. The van der Waals surface area contributed by atoms with Gasteiger partial charge in [0.05, 0.1) is 35.7 Å². The monoisotopic (exact) mass is 596 g/mol. The molecule has 2 saturated carbocycles. The summed E-state index contributed by atoms with van der Waals surface area (Å²) in [6.07, 6.45) is -0.115. The molecule has 3 fully saturated rings. The Hall–Kier alpha value is -3.73. The maximum absolute atomic E-state index is 14.2. The van der Waals surface area contributed by atoms with Crippen molar-refractivity contribution in [2.24, 2.45) is 10.8 Å². The Balaban J connectivity index is 1.48. The molecule has 0 amide bonds. The highest BCUT2D eigenvalue weighted by molar-refractivity contribution is 7.92. The highest BCUT2D eigenvalue weighted by Gasteiger charge is 2.77. The number of sulfone groups is 1. The predicted octanol–water partition coefficient (Wildman–Crippen LogP) is 3.72. The zero-order chi connectivity index (χ0) is 30.4. The van der Waals surface area contributed by atoms with Crippen molar-refractivity contribution in [2.75, 3.05) is 14.2 Å². The highest BCUT2D eigenvalue weighted by Crippen LogP contribution is 2.66. The number of rotatable bonds is 6. The molecule has 42 heavy (non-hydrogen) atoms. The van der Waals surface area contributed by atoms with Crippen LogP contribution in [0.5, 0.6) is 0 Å². The molecule has 1 heterocycles. The van der Waals surface area contributed by atoms with Crippen LogP contribution in [0.3, 0.4) is 0 Å². The van der Waals surface area contributed by atoms with E-state index >= 15 is 0 Å². The summed E-state index contributed by atoms with van der Waals surface area (Å²) in [5.41, 5.74) is -2.20. The minimum absolute atomic E-state index is 0.0285. The molecule has 6 atom stereocenters. The number of benzene rings is 2. The molecule has 3 aliphatic carbocycles. The number of ether oxygens (including phenoxy) is 4. The van der Waals surface area contributed by atoms with E-state index in [0.29, 0.717) is 24.0 Å². The molecule has 0 N–H and O–H groups in total. The van der Waals surface area contributed by atoms with E-state index in [1.165, 1.54) is 38.5 Å². The van der Waals surface area contributed by atoms with E-state index in [1.54, 1.807) is 39.0 Å². The van der Waals surface area contributed by atoms with Gasteiger partial charge >= 0.3 is 23.9 Å². The Morgan fingerprint density at radius 1 is 0.881 bits per heavy atom. The van der Waals surface area contributed by atoms with E-state index < -0.39 is 73.3 Å². The second-order valence-electron chi connectivity index (χ2n) is 12.3. The molecule has 2 aromatic rings. The zero-order valence-corrected chi connectivity index (χ0v) is 24.8. The average molecular weight is 597 g/mol. The summed E-state index contributed by atoms with van der Waals surface area (Å²) in [7, 11) is -1.69. The standard InChI is InChI=1S/C31H32O10S/c1-29(2)30(3)11-12-31(29,41-27(30)34)28(35)40-23-19-15-20(24(23)42(36,37)16-9-7-6-8-10-16)18-14-22(26(33)39-5)21(13-17(18)19)25(32)38-4/h6-10,13-14,19-20,23-24H,11-12,15H2,1-5H3/t19-,20+,23-,24-,30-,31+/m0/s1. The molecule has 0 unspecified atom stereocenters. The minimum Gasteiger partial charge on any atom is -0.465 e. The summed E-state index contributed by atoms with van der Waals surface area (Å²) in [5, 5.41) is -1.18. The molecular weight excluding hydrogens is 564 g/mol. The van der Waals surface area contributed by atoms with Crippen LogP contribution in [0.2, 0.25) is 0 Å². The number of methoxy groups -OCH3 is 2. The fourth-order valence-corrected chi connectivity index (χ4v) is 9.81. The topological polar surface area (TPSA) is 139 Å². The van der Waals surface area contributed by atoms with Gasteiger partial charge in [0.1, 0.15) is 11.4 Å². The Kier molecular flexibility index (Phi) is 6.17. The number of carbonyl (C=O) groups is 4. The molecule has 10 nitrogen and oxygen atoms in total. The lowest BCUT2D eigenvalue weighted by Gasteiger charge is -2.38. The van der Waals surface area contributed by atoms with Crippen molar-refractivity contribution in [3.05, 3.63) is 64.7 Å². The number of carbonyl (C=O) groups excluding carboxylic acids is 4. The van der Waals surface area contributed by atoms with Crippen LogP contribution in [-0.4, -0.2) is 63.5 Å². The smallest absolute Gasteiger partial charge is 0.351 e. The molecule has 1 saturated heterocycles. The van der Waals surface area contributed by atoms with Gasteiger partial charge in [0.2, 0.25) is 5.60 Å². The van der Waals surface area contributed by atoms with Gasteiger partial charge in [0, 0.05) is 17.3 Å². The summed E-state index contributed by atoms with van der Waals surface area (Å²) >= 11 is 0. The molecular formula is C31H32O10S. The second-order valence-corrected chi connectivity index (χ2v) is 14.4. The van der Waals surface area contributed by atoms with Gasteiger partial charge in [-0.05, 0) is 61.6 Å². The van der Waals surface area contributed by atoms with Crippen molar-refractivity contribution < 1.29 is 46.5 Å². The fraction of sp³-hybridized carbons (Fsp3) is 0.484. The number of esters is 4. The first-order valence-corrected chi connectivity index (χ1v) is 15.4. The van der Waals surface area contributed by atoms with E-state index in [-0.39, 0.29) is 22.4 Å². The van der Waals surface area contributed by atoms with Crippen LogP contribution in [0.25, 0.3) is 0 Å². The maximum Gasteiger partial charge on any atom is 0.351 e. The summed E-state index contributed by atoms with van der Waals surface area (Å²) in [4.78, 5) is 52.3. The van der Waals surface area contributed by atoms with Crippen LogP contribution in [-0.2, 0) is 38.4 Å². The van der Waals surface area contributed by atoms with Gasteiger partial charge in [-0.15, -0.1) is 0 Å². The van der Waals surface area contributed by atoms with Crippen LogP contribution >= 0.6 is 0 Å². The third-order valence-corrected chi connectivity index (χ3v) is 12.8. The number of hydrogen-bond acceptors (Lipinski definition) is 10. The Morgan fingerprint density at radius 3 is 1.95 bits per heavy atom. The van der Waals surface area contributed by atoms with E-state index in [9.17, 15) is 27.6 Å². The SMILES string of the molecule is COC(=O)c1cc2c(cc1C(=O)OC)[C@@H]1C[C@H]2[C@H](S(=O)(=O)c2ccccc2)[C@H]1OC(=O)[C@@]12CC[C@@](C)(C(=O)O1)C2(C)C. The molecule has 0 aromatic heterocycles. The van der Waals surface area contributed by atoms with Gasteiger partial charge in [-0.1, -0.05) is 32.0 Å². The lowest BCUT2D eigenvalue weighted by atomic mass is 9.66. The van der Waals surface area contributed by atoms with Crippen LogP contribution in [0, 0.1) is 10.8 Å². The van der Waals surface area contributed by atoms with Gasteiger partial charge in [0.25, 0.3) is 0 Å². The maximum atomic E-state index is 14.2. The first-order valence-electron chi connectivity index (χ1n) is 13.8. The Bertz CT molecular complexity index is 1640. The van der Waals surface area contributed by atoms with Crippen LogP contribution in [0.4, 0.5) is 0 Å². The van der Waals surface area contributed by atoms with Crippen molar-refractivity contribution in [1.82, 2.24) is 0 Å². The van der Waals surface area contributed by atoms with Crippen molar-refractivity contribution in [3.63, 3.8) is 0 Å². The summed E-state index contributed by atoms with van der Waals surface area (Å²) in [5.74, 6) is -4.01. The van der Waals surface area contributed by atoms with Gasteiger partial charge in [0.15, 0.2) is 9.84 Å². The average Bonchev–Trinajstić information content (AvgIpc) is 3.63. The lowest BCUT2D eigenvalue weighted by molar-refractivity contribution is -0.187.